The zero-order chi connectivity index (χ0) is 11.4. The van der Waals surface area contributed by atoms with Gasteiger partial charge in [0.15, 0.2) is 0 Å². The number of nitrogens with two attached hydrogens (primary N) is 1. The number of hydrazone groups is 1. The molecule has 15 heavy (non-hydrogen) atoms. The molecule has 0 unspecified atom stereocenters. The SMILES string of the molecule is CC(C)[C@@H]1CC[C@@H](C)C/C1=N/NC(N)=O. The van der Waals surface area contributed by atoms with Gasteiger partial charge in [0.2, 0.25) is 0 Å². The first-order valence-electron chi connectivity index (χ1n) is 5.62. The predicted molar refractivity (Wildman–Crippen MR) is 61.5 cm³/mol. The van der Waals surface area contributed by atoms with Crippen molar-refractivity contribution in [3.63, 3.8) is 0 Å². The number of hydrogen-bond acceptors (Lipinski definition) is 2. The molecule has 2 amide bonds. The van der Waals surface area contributed by atoms with Crippen LogP contribution >= 0.6 is 0 Å². The Morgan fingerprint density at radius 3 is 2.73 bits per heavy atom. The molecule has 0 bridgehead atoms. The molecule has 0 saturated heterocycles. The molecule has 4 heteroatoms. The summed E-state index contributed by atoms with van der Waals surface area (Å²) in [7, 11) is 0. The van der Waals surface area contributed by atoms with E-state index >= 15 is 0 Å². The molecule has 0 heterocycles. The minimum atomic E-state index is -0.580. The molecule has 1 aliphatic rings. The summed E-state index contributed by atoms with van der Waals surface area (Å²) in [6, 6.07) is -0.580. The summed E-state index contributed by atoms with van der Waals surface area (Å²) in [6.45, 7) is 6.61. The Labute approximate surface area is 91.3 Å². The van der Waals surface area contributed by atoms with Gasteiger partial charge in [0, 0.05) is 11.6 Å². The quantitative estimate of drug-likeness (QED) is 0.675. The minimum Gasteiger partial charge on any atom is -0.350 e. The zero-order valence-electron chi connectivity index (χ0n) is 9.79. The summed E-state index contributed by atoms with van der Waals surface area (Å²) in [5.74, 6) is 1.73. The second-order valence-corrected chi connectivity index (χ2v) is 4.82. The summed E-state index contributed by atoms with van der Waals surface area (Å²) in [5, 5.41) is 4.13. The Bertz CT molecular complexity index is 261. The second-order valence-electron chi connectivity index (χ2n) is 4.82. The Hall–Kier alpha value is -1.06. The van der Waals surface area contributed by atoms with Gasteiger partial charge in [-0.25, -0.2) is 10.2 Å². The van der Waals surface area contributed by atoms with Gasteiger partial charge in [0.05, 0.1) is 0 Å². The topological polar surface area (TPSA) is 67.5 Å². The Balaban J connectivity index is 2.69. The van der Waals surface area contributed by atoms with Crippen LogP contribution < -0.4 is 11.2 Å². The van der Waals surface area contributed by atoms with E-state index in [-0.39, 0.29) is 0 Å². The molecule has 1 rings (SSSR count). The van der Waals surface area contributed by atoms with Crippen molar-refractivity contribution in [3.05, 3.63) is 0 Å². The molecule has 1 fully saturated rings. The third kappa shape index (κ3) is 3.53. The summed E-state index contributed by atoms with van der Waals surface area (Å²) >= 11 is 0. The number of carbonyl (C=O) groups excluding carboxylic acids is 1. The molecule has 0 radical (unpaired) electrons. The van der Waals surface area contributed by atoms with Gasteiger partial charge in [-0.15, -0.1) is 0 Å². The smallest absolute Gasteiger partial charge is 0.332 e. The van der Waals surface area contributed by atoms with Crippen molar-refractivity contribution in [2.45, 2.75) is 40.0 Å². The summed E-state index contributed by atoms with van der Waals surface area (Å²) in [4.78, 5) is 10.6. The number of urea groups is 1. The van der Waals surface area contributed by atoms with E-state index in [0.29, 0.717) is 17.8 Å². The lowest BCUT2D eigenvalue weighted by atomic mass is 9.76. The molecule has 3 N–H and O–H groups in total. The fourth-order valence-corrected chi connectivity index (χ4v) is 2.21. The van der Waals surface area contributed by atoms with Gasteiger partial charge in [-0.1, -0.05) is 20.8 Å². The van der Waals surface area contributed by atoms with Gasteiger partial charge < -0.3 is 5.73 Å². The van der Waals surface area contributed by atoms with Crippen LogP contribution in [0.3, 0.4) is 0 Å². The van der Waals surface area contributed by atoms with Crippen molar-refractivity contribution in [3.8, 4) is 0 Å². The standard InChI is InChI=1S/C11H21N3O/c1-7(2)9-5-4-8(3)6-10(9)13-14-11(12)15/h7-9H,4-6H2,1-3H3,(H3,12,14,15)/b13-10-/t8-,9+/m1/s1. The first-order chi connectivity index (χ1) is 7.00. The van der Waals surface area contributed by atoms with E-state index in [2.05, 4.69) is 31.3 Å². The van der Waals surface area contributed by atoms with Crippen LogP contribution in [0.1, 0.15) is 40.0 Å². The maximum absolute atomic E-state index is 10.6. The maximum atomic E-state index is 10.6. The van der Waals surface area contributed by atoms with Crippen LogP contribution in [0.15, 0.2) is 5.10 Å². The fraction of sp³-hybridized carbons (Fsp3) is 0.818. The van der Waals surface area contributed by atoms with E-state index in [4.69, 9.17) is 5.73 Å². The minimum absolute atomic E-state index is 0.494. The number of nitrogens with zero attached hydrogens (tertiary/aromatic N) is 1. The average Bonchev–Trinajstić information content (AvgIpc) is 2.14. The van der Waals surface area contributed by atoms with Crippen LogP contribution in [0.2, 0.25) is 0 Å². The first kappa shape index (κ1) is 12.0. The number of nitrogens with one attached hydrogen (secondary N) is 1. The monoisotopic (exact) mass is 211 g/mol. The highest BCUT2D eigenvalue weighted by Gasteiger charge is 2.27. The number of primary amides is 1. The molecule has 1 saturated carbocycles. The van der Waals surface area contributed by atoms with Crippen molar-refractivity contribution in [1.82, 2.24) is 5.43 Å². The lowest BCUT2D eigenvalue weighted by Gasteiger charge is -2.30. The van der Waals surface area contributed by atoms with E-state index < -0.39 is 6.03 Å². The van der Waals surface area contributed by atoms with Crippen LogP contribution in [-0.2, 0) is 0 Å². The van der Waals surface area contributed by atoms with Crippen molar-refractivity contribution >= 4 is 11.7 Å². The van der Waals surface area contributed by atoms with Gasteiger partial charge in [0.25, 0.3) is 0 Å². The van der Waals surface area contributed by atoms with Gasteiger partial charge in [-0.05, 0) is 31.1 Å². The van der Waals surface area contributed by atoms with Gasteiger partial charge in [-0.2, -0.15) is 5.10 Å². The third-order valence-electron chi connectivity index (χ3n) is 3.07. The number of hydrogen-bond donors (Lipinski definition) is 2. The Kier molecular flexibility index (Phi) is 4.12. The maximum Gasteiger partial charge on any atom is 0.332 e. The zero-order valence-corrected chi connectivity index (χ0v) is 9.79. The van der Waals surface area contributed by atoms with E-state index in [1.54, 1.807) is 0 Å². The largest absolute Gasteiger partial charge is 0.350 e. The van der Waals surface area contributed by atoms with Gasteiger partial charge in [0.1, 0.15) is 0 Å². The van der Waals surface area contributed by atoms with Crippen molar-refractivity contribution in [1.29, 1.82) is 0 Å². The Morgan fingerprint density at radius 1 is 1.53 bits per heavy atom. The molecular weight excluding hydrogens is 190 g/mol. The van der Waals surface area contributed by atoms with Crippen molar-refractivity contribution in [2.75, 3.05) is 0 Å². The predicted octanol–water partition coefficient (Wildman–Crippen LogP) is 2.10. The number of amides is 2. The first-order valence-corrected chi connectivity index (χ1v) is 5.62. The average molecular weight is 211 g/mol. The number of carbonyl (C=O) groups is 1. The van der Waals surface area contributed by atoms with Crippen LogP contribution in [0.5, 0.6) is 0 Å². The normalized spacial score (nSPS) is 29.5. The van der Waals surface area contributed by atoms with Crippen molar-refractivity contribution in [2.24, 2.45) is 28.6 Å². The summed E-state index contributed by atoms with van der Waals surface area (Å²) in [5.41, 5.74) is 8.46. The molecule has 2 atom stereocenters. The third-order valence-corrected chi connectivity index (χ3v) is 3.07. The highest BCUT2D eigenvalue weighted by molar-refractivity contribution is 5.88. The number of rotatable bonds is 2. The van der Waals surface area contributed by atoms with E-state index in [1.165, 1.54) is 6.42 Å². The van der Waals surface area contributed by atoms with Gasteiger partial charge >= 0.3 is 6.03 Å². The highest BCUT2D eigenvalue weighted by atomic mass is 16.2. The summed E-state index contributed by atoms with van der Waals surface area (Å²) in [6.07, 6.45) is 3.39. The molecule has 86 valence electrons. The van der Waals surface area contributed by atoms with Crippen LogP contribution in [-0.4, -0.2) is 11.7 Å². The highest BCUT2D eigenvalue weighted by Crippen LogP contribution is 2.30. The Morgan fingerprint density at radius 2 is 2.20 bits per heavy atom. The lowest BCUT2D eigenvalue weighted by molar-refractivity contribution is 0.249. The lowest BCUT2D eigenvalue weighted by Crippen LogP contribution is -2.32. The fourth-order valence-electron chi connectivity index (χ4n) is 2.21. The molecule has 4 nitrogen and oxygen atoms in total. The van der Waals surface area contributed by atoms with Crippen LogP contribution in [0, 0.1) is 17.8 Å². The van der Waals surface area contributed by atoms with E-state index in [9.17, 15) is 4.79 Å². The molecule has 0 spiro atoms. The van der Waals surface area contributed by atoms with E-state index in [1.807, 2.05) is 0 Å². The molecule has 1 aliphatic carbocycles. The second kappa shape index (κ2) is 5.14. The van der Waals surface area contributed by atoms with Gasteiger partial charge in [-0.3, -0.25) is 0 Å². The molecule has 0 aromatic rings. The van der Waals surface area contributed by atoms with E-state index in [0.717, 1.165) is 18.6 Å². The molecule has 0 aromatic heterocycles. The van der Waals surface area contributed by atoms with Crippen molar-refractivity contribution < 1.29 is 4.79 Å². The van der Waals surface area contributed by atoms with Crippen LogP contribution in [0.25, 0.3) is 0 Å². The molecule has 0 aliphatic heterocycles. The molecular formula is C11H21N3O. The molecule has 0 aromatic carbocycles. The van der Waals surface area contributed by atoms with Crippen LogP contribution in [0.4, 0.5) is 4.79 Å². The summed E-state index contributed by atoms with van der Waals surface area (Å²) < 4.78 is 0.